The van der Waals surface area contributed by atoms with Crippen molar-refractivity contribution in [3.05, 3.63) is 83.0 Å². The number of anilines is 1. The summed E-state index contributed by atoms with van der Waals surface area (Å²) in [6.45, 7) is 1.90. The number of hydrogen-bond acceptors (Lipinski definition) is 5. The van der Waals surface area contributed by atoms with Gasteiger partial charge in [-0.15, -0.1) is 0 Å². The molecule has 128 valence electrons. The van der Waals surface area contributed by atoms with Crippen molar-refractivity contribution < 1.29 is 0 Å². The van der Waals surface area contributed by atoms with E-state index in [4.69, 9.17) is 5.73 Å². The van der Waals surface area contributed by atoms with E-state index < -0.39 is 0 Å². The largest absolute Gasteiger partial charge is 0.399 e. The minimum atomic E-state index is -0.183. The van der Waals surface area contributed by atoms with Gasteiger partial charge in [-0.1, -0.05) is 6.07 Å². The second-order valence-electron chi connectivity index (χ2n) is 5.85. The monoisotopic (exact) mass is 344 g/mol. The second-order valence-corrected chi connectivity index (χ2v) is 5.85. The first-order chi connectivity index (χ1) is 12.6. The van der Waals surface area contributed by atoms with E-state index in [9.17, 15) is 4.79 Å². The second kappa shape index (κ2) is 6.29. The summed E-state index contributed by atoms with van der Waals surface area (Å²) in [5.74, 6) is 0. The van der Waals surface area contributed by atoms with Crippen LogP contribution in [0.3, 0.4) is 0 Å². The third kappa shape index (κ3) is 2.86. The Hall–Kier alpha value is -3.74. The Morgan fingerprint density at radius 2 is 1.88 bits per heavy atom. The fourth-order valence-electron chi connectivity index (χ4n) is 2.75. The van der Waals surface area contributed by atoms with Crippen molar-refractivity contribution in [1.29, 1.82) is 0 Å². The van der Waals surface area contributed by atoms with Gasteiger partial charge in [0.25, 0.3) is 0 Å². The van der Waals surface area contributed by atoms with Gasteiger partial charge in [-0.05, 0) is 43.3 Å². The van der Waals surface area contributed by atoms with E-state index in [0.717, 1.165) is 17.1 Å². The van der Waals surface area contributed by atoms with E-state index in [1.165, 1.54) is 6.07 Å². The molecule has 4 rings (SSSR count). The lowest BCUT2D eigenvalue weighted by Crippen LogP contribution is -2.15. The molecule has 0 amide bonds. The molecule has 0 unspecified atom stereocenters. The van der Waals surface area contributed by atoms with Gasteiger partial charge >= 0.3 is 0 Å². The van der Waals surface area contributed by atoms with Crippen molar-refractivity contribution in [3.63, 3.8) is 0 Å². The molecule has 0 fully saturated rings. The highest BCUT2D eigenvalue weighted by Crippen LogP contribution is 2.19. The quantitative estimate of drug-likeness (QED) is 0.576. The molecule has 4 aromatic rings. The summed E-state index contributed by atoms with van der Waals surface area (Å²) >= 11 is 0. The Kier molecular flexibility index (Phi) is 3.81. The zero-order chi connectivity index (χ0) is 18.1. The van der Waals surface area contributed by atoms with E-state index >= 15 is 0 Å². The summed E-state index contributed by atoms with van der Waals surface area (Å²) in [4.78, 5) is 16.7. The SMILES string of the molecule is Cc1cc(-n2nccc2-c2nn(-c3cccc(N)c3)ccc2=O)ccn1. The van der Waals surface area contributed by atoms with Crippen LogP contribution in [-0.4, -0.2) is 24.5 Å². The van der Waals surface area contributed by atoms with Gasteiger partial charge in [0.1, 0.15) is 0 Å². The average Bonchev–Trinajstić information content (AvgIpc) is 3.12. The molecule has 0 aliphatic carbocycles. The number of nitrogens with zero attached hydrogens (tertiary/aromatic N) is 5. The van der Waals surface area contributed by atoms with Crippen LogP contribution < -0.4 is 11.2 Å². The maximum absolute atomic E-state index is 12.5. The molecule has 0 spiro atoms. The van der Waals surface area contributed by atoms with Crippen molar-refractivity contribution >= 4 is 5.69 Å². The number of hydrogen-bond donors (Lipinski definition) is 1. The average molecular weight is 344 g/mol. The normalized spacial score (nSPS) is 10.8. The summed E-state index contributed by atoms with van der Waals surface area (Å²) in [5.41, 5.74) is 9.67. The first-order valence-corrected chi connectivity index (χ1v) is 8.05. The fraction of sp³-hybridized carbons (Fsp3) is 0.0526. The van der Waals surface area contributed by atoms with Crippen LogP contribution in [-0.2, 0) is 0 Å². The van der Waals surface area contributed by atoms with Crippen molar-refractivity contribution in [1.82, 2.24) is 24.5 Å². The predicted molar refractivity (Wildman–Crippen MR) is 99.3 cm³/mol. The number of rotatable bonds is 3. The molecular weight excluding hydrogens is 328 g/mol. The predicted octanol–water partition coefficient (Wildman–Crippen LogP) is 2.37. The molecule has 0 aliphatic rings. The molecule has 2 N–H and O–H groups in total. The van der Waals surface area contributed by atoms with Crippen LogP contribution in [0.2, 0.25) is 0 Å². The molecular formula is C19H16N6O. The van der Waals surface area contributed by atoms with Gasteiger partial charge in [0, 0.05) is 29.8 Å². The van der Waals surface area contributed by atoms with E-state index in [0.29, 0.717) is 17.1 Å². The molecule has 26 heavy (non-hydrogen) atoms. The van der Waals surface area contributed by atoms with Crippen LogP contribution >= 0.6 is 0 Å². The number of nitrogens with two attached hydrogens (primary N) is 1. The Morgan fingerprint density at radius 3 is 2.69 bits per heavy atom. The lowest BCUT2D eigenvalue weighted by molar-refractivity contribution is 0.822. The third-order valence-corrected chi connectivity index (χ3v) is 3.95. The molecule has 0 bridgehead atoms. The topological polar surface area (TPSA) is 91.6 Å². The summed E-state index contributed by atoms with van der Waals surface area (Å²) in [7, 11) is 0. The van der Waals surface area contributed by atoms with Gasteiger partial charge < -0.3 is 5.73 Å². The minimum absolute atomic E-state index is 0.183. The number of pyridine rings is 1. The Balaban J connectivity index is 1.86. The van der Waals surface area contributed by atoms with E-state index in [1.807, 2.05) is 31.2 Å². The van der Waals surface area contributed by atoms with Crippen LogP contribution in [0.25, 0.3) is 22.8 Å². The van der Waals surface area contributed by atoms with Gasteiger partial charge in [-0.2, -0.15) is 10.2 Å². The fourth-order valence-corrected chi connectivity index (χ4v) is 2.75. The van der Waals surface area contributed by atoms with Gasteiger partial charge in [-0.25, -0.2) is 9.36 Å². The summed E-state index contributed by atoms with van der Waals surface area (Å²) in [6, 6.07) is 14.3. The van der Waals surface area contributed by atoms with Crippen molar-refractivity contribution in [3.8, 4) is 22.8 Å². The molecule has 1 aromatic carbocycles. The van der Waals surface area contributed by atoms with Crippen molar-refractivity contribution in [2.75, 3.05) is 5.73 Å². The molecule has 0 aliphatic heterocycles. The third-order valence-electron chi connectivity index (χ3n) is 3.95. The van der Waals surface area contributed by atoms with E-state index in [-0.39, 0.29) is 5.43 Å². The zero-order valence-corrected chi connectivity index (χ0v) is 14.1. The Labute approximate surface area is 149 Å². The Morgan fingerprint density at radius 1 is 1.00 bits per heavy atom. The molecule has 7 heteroatoms. The van der Waals surface area contributed by atoms with Crippen molar-refractivity contribution in [2.24, 2.45) is 0 Å². The zero-order valence-electron chi connectivity index (χ0n) is 14.1. The summed E-state index contributed by atoms with van der Waals surface area (Å²) < 4.78 is 3.31. The summed E-state index contributed by atoms with van der Waals surface area (Å²) in [5, 5.41) is 8.85. The van der Waals surface area contributed by atoms with Gasteiger partial charge in [0.05, 0.1) is 23.3 Å². The van der Waals surface area contributed by atoms with Gasteiger partial charge in [0.2, 0.25) is 5.43 Å². The highest BCUT2D eigenvalue weighted by Gasteiger charge is 2.14. The maximum Gasteiger partial charge on any atom is 0.209 e. The van der Waals surface area contributed by atoms with Crippen molar-refractivity contribution in [2.45, 2.75) is 6.92 Å². The molecule has 0 saturated heterocycles. The lowest BCUT2D eigenvalue weighted by Gasteiger charge is -2.10. The van der Waals surface area contributed by atoms with Crippen LogP contribution in [0.1, 0.15) is 5.69 Å². The molecule has 0 saturated carbocycles. The molecule has 0 atom stereocenters. The highest BCUT2D eigenvalue weighted by molar-refractivity contribution is 5.57. The molecule has 7 nitrogen and oxygen atoms in total. The minimum Gasteiger partial charge on any atom is -0.399 e. The van der Waals surface area contributed by atoms with E-state index in [2.05, 4.69) is 15.2 Å². The standard InChI is InChI=1S/C19H16N6O/c1-13-11-16(5-8-21-13)25-17(6-9-22-25)19-18(26)7-10-24(23-19)15-4-2-3-14(20)12-15/h2-12H,20H2,1H3. The maximum atomic E-state index is 12.5. The molecule has 0 radical (unpaired) electrons. The number of benzene rings is 1. The van der Waals surface area contributed by atoms with Crippen LogP contribution in [0.5, 0.6) is 0 Å². The molecule has 3 aromatic heterocycles. The lowest BCUT2D eigenvalue weighted by atomic mass is 10.2. The summed E-state index contributed by atoms with van der Waals surface area (Å²) in [6.07, 6.45) is 4.97. The smallest absolute Gasteiger partial charge is 0.209 e. The first kappa shape index (κ1) is 15.8. The van der Waals surface area contributed by atoms with E-state index in [1.54, 1.807) is 46.2 Å². The first-order valence-electron chi connectivity index (χ1n) is 8.05. The molecule has 3 heterocycles. The van der Waals surface area contributed by atoms with Gasteiger partial charge in [-0.3, -0.25) is 9.78 Å². The highest BCUT2D eigenvalue weighted by atomic mass is 16.1. The van der Waals surface area contributed by atoms with Crippen LogP contribution in [0, 0.1) is 6.92 Å². The van der Waals surface area contributed by atoms with Gasteiger partial charge in [0.15, 0.2) is 5.69 Å². The number of aromatic nitrogens is 5. The number of aryl methyl sites for hydroxylation is 1. The van der Waals surface area contributed by atoms with Crippen LogP contribution in [0.4, 0.5) is 5.69 Å². The Bertz CT molecular complexity index is 1140. The van der Waals surface area contributed by atoms with Crippen LogP contribution in [0.15, 0.2) is 71.9 Å². The number of nitrogen functional groups attached to an aromatic ring is 1.